The first-order chi connectivity index (χ1) is 15.8. The second kappa shape index (κ2) is 8.50. The first-order valence-electron chi connectivity index (χ1n) is 10.3. The van der Waals surface area contributed by atoms with E-state index < -0.39 is 27.6 Å². The van der Waals surface area contributed by atoms with Crippen LogP contribution in [0.15, 0.2) is 35.2 Å². The molecule has 0 radical (unpaired) electrons. The Morgan fingerprint density at radius 2 is 1.76 bits per heavy atom. The van der Waals surface area contributed by atoms with E-state index >= 15 is 0 Å². The number of benzene rings is 2. The molecule has 0 bridgehead atoms. The number of hydrogen-bond acceptors (Lipinski definition) is 7. The first-order valence-corrected chi connectivity index (χ1v) is 12.5. The summed E-state index contributed by atoms with van der Waals surface area (Å²) in [6, 6.07) is 6.10. The minimum atomic E-state index is -3.97. The molecule has 2 aliphatic rings. The molecule has 1 amide bonds. The third-order valence-corrected chi connectivity index (χ3v) is 8.46. The van der Waals surface area contributed by atoms with E-state index in [4.69, 9.17) is 9.47 Å². The zero-order valence-electron chi connectivity index (χ0n) is 17.2. The minimum Gasteiger partial charge on any atom is -0.486 e. The fourth-order valence-corrected chi connectivity index (χ4v) is 6.23. The van der Waals surface area contributed by atoms with Crippen LogP contribution in [0.1, 0.15) is 12.8 Å². The van der Waals surface area contributed by atoms with Crippen molar-refractivity contribution >= 4 is 42.6 Å². The van der Waals surface area contributed by atoms with E-state index in [0.29, 0.717) is 54.3 Å². The van der Waals surface area contributed by atoms with Gasteiger partial charge in [0.2, 0.25) is 15.9 Å². The van der Waals surface area contributed by atoms with Crippen LogP contribution in [0.2, 0.25) is 0 Å². The van der Waals surface area contributed by atoms with Crippen molar-refractivity contribution in [2.24, 2.45) is 5.92 Å². The molecule has 12 heteroatoms. The zero-order chi connectivity index (χ0) is 23.2. The van der Waals surface area contributed by atoms with Gasteiger partial charge in [-0.1, -0.05) is 11.3 Å². The Morgan fingerprint density at radius 1 is 1.06 bits per heavy atom. The monoisotopic (exact) mass is 495 g/mol. The van der Waals surface area contributed by atoms with E-state index in [1.54, 1.807) is 6.07 Å². The Labute approximate surface area is 192 Å². The van der Waals surface area contributed by atoms with Crippen LogP contribution in [-0.4, -0.2) is 49.9 Å². The van der Waals surface area contributed by atoms with Crippen LogP contribution >= 0.6 is 11.3 Å². The molecule has 174 valence electrons. The average Bonchev–Trinajstić information content (AvgIpc) is 3.20. The third kappa shape index (κ3) is 4.25. The summed E-state index contributed by atoms with van der Waals surface area (Å²) in [6.45, 7) is 1.14. The van der Waals surface area contributed by atoms with Gasteiger partial charge >= 0.3 is 0 Å². The number of anilines is 1. The molecule has 33 heavy (non-hydrogen) atoms. The highest BCUT2D eigenvalue weighted by Crippen LogP contribution is 2.38. The fourth-order valence-electron chi connectivity index (χ4n) is 3.87. The quantitative estimate of drug-likeness (QED) is 0.596. The molecule has 0 spiro atoms. The lowest BCUT2D eigenvalue weighted by Crippen LogP contribution is -2.41. The zero-order valence-corrected chi connectivity index (χ0v) is 18.8. The number of piperidine rings is 1. The molecule has 2 aromatic carbocycles. The van der Waals surface area contributed by atoms with Crippen LogP contribution in [-0.2, 0) is 14.8 Å². The Hall–Kier alpha value is -2.83. The number of nitrogens with one attached hydrogen (secondary N) is 1. The number of aromatic nitrogens is 1. The molecule has 2 aliphatic heterocycles. The lowest BCUT2D eigenvalue weighted by Gasteiger charge is -2.30. The summed E-state index contributed by atoms with van der Waals surface area (Å²) in [5.41, 5.74) is 0.687. The SMILES string of the molecule is O=C(Nc1nc2cc3c(cc2s1)OCCO3)C1CCN(S(=O)(=O)c2ccc(F)c(F)c2)CC1. The Bertz CT molecular complexity index is 1290. The second-order valence-electron chi connectivity index (χ2n) is 7.73. The maximum atomic E-state index is 13.5. The summed E-state index contributed by atoms with van der Waals surface area (Å²) in [5, 5.41) is 3.26. The van der Waals surface area contributed by atoms with E-state index in [2.05, 4.69) is 10.3 Å². The van der Waals surface area contributed by atoms with E-state index in [1.807, 2.05) is 6.07 Å². The molecule has 1 aromatic heterocycles. The van der Waals surface area contributed by atoms with Crippen LogP contribution in [0.25, 0.3) is 10.2 Å². The summed E-state index contributed by atoms with van der Waals surface area (Å²) < 4.78 is 65.3. The molecule has 1 saturated heterocycles. The molecule has 0 atom stereocenters. The van der Waals surface area contributed by atoms with Gasteiger partial charge in [0.1, 0.15) is 13.2 Å². The van der Waals surface area contributed by atoms with Crippen LogP contribution < -0.4 is 14.8 Å². The standard InChI is InChI=1S/C21H19F2N3O5S2/c22-14-2-1-13(9-15(14)23)33(28,29)26-5-3-12(4-6-26)20(27)25-21-24-16-10-17-18(11-19(16)32-21)31-8-7-30-17/h1-2,9-12H,3-8H2,(H,24,25,27). The maximum Gasteiger partial charge on any atom is 0.243 e. The van der Waals surface area contributed by atoms with Crippen molar-refractivity contribution in [3.05, 3.63) is 42.0 Å². The molecule has 0 aliphatic carbocycles. The highest BCUT2D eigenvalue weighted by Gasteiger charge is 2.33. The molecule has 1 N–H and O–H groups in total. The van der Waals surface area contributed by atoms with Crippen LogP contribution in [0, 0.1) is 17.6 Å². The highest BCUT2D eigenvalue weighted by molar-refractivity contribution is 7.89. The Morgan fingerprint density at radius 3 is 2.45 bits per heavy atom. The van der Waals surface area contributed by atoms with Gasteiger partial charge < -0.3 is 14.8 Å². The number of thiazole rings is 1. The predicted molar refractivity (Wildman–Crippen MR) is 117 cm³/mol. The number of hydrogen-bond donors (Lipinski definition) is 1. The molecule has 0 unspecified atom stereocenters. The van der Waals surface area contributed by atoms with Crippen molar-refractivity contribution in [1.29, 1.82) is 0 Å². The number of carbonyl (C=O) groups excluding carboxylic acids is 1. The third-order valence-electron chi connectivity index (χ3n) is 5.64. The van der Waals surface area contributed by atoms with E-state index in [9.17, 15) is 22.0 Å². The normalized spacial score (nSPS) is 17.3. The first kappa shape index (κ1) is 22.0. The Kier molecular flexibility index (Phi) is 5.67. The van der Waals surface area contributed by atoms with E-state index in [1.165, 1.54) is 15.6 Å². The van der Waals surface area contributed by atoms with Crippen LogP contribution in [0.4, 0.5) is 13.9 Å². The van der Waals surface area contributed by atoms with Gasteiger partial charge in [-0.3, -0.25) is 4.79 Å². The number of halogens is 2. The smallest absolute Gasteiger partial charge is 0.243 e. The van der Waals surface area contributed by atoms with Crippen molar-refractivity contribution in [3.63, 3.8) is 0 Å². The average molecular weight is 496 g/mol. The van der Waals surface area contributed by atoms with Gasteiger partial charge in [-0.2, -0.15) is 4.31 Å². The van der Waals surface area contributed by atoms with Gasteiger partial charge in [0.25, 0.3) is 0 Å². The van der Waals surface area contributed by atoms with Gasteiger partial charge in [-0.05, 0) is 31.0 Å². The predicted octanol–water partition coefficient (Wildman–Crippen LogP) is 3.39. The van der Waals surface area contributed by atoms with Crippen molar-refractivity contribution in [2.45, 2.75) is 17.7 Å². The minimum absolute atomic E-state index is 0.0979. The van der Waals surface area contributed by atoms with Gasteiger partial charge in [0, 0.05) is 31.1 Å². The molecule has 1 fully saturated rings. The van der Waals surface area contributed by atoms with Gasteiger partial charge in [-0.15, -0.1) is 0 Å². The number of nitrogens with zero attached hydrogens (tertiary/aromatic N) is 2. The van der Waals surface area contributed by atoms with Crippen molar-refractivity contribution in [2.75, 3.05) is 31.6 Å². The molecular formula is C21H19F2N3O5S2. The van der Waals surface area contributed by atoms with Crippen molar-refractivity contribution < 1.29 is 31.5 Å². The summed E-state index contributed by atoms with van der Waals surface area (Å²) in [5.74, 6) is -1.71. The number of ether oxygens (including phenoxy) is 2. The highest BCUT2D eigenvalue weighted by atomic mass is 32.2. The number of carbonyl (C=O) groups is 1. The molecule has 5 rings (SSSR count). The van der Waals surface area contributed by atoms with Crippen LogP contribution in [0.3, 0.4) is 0 Å². The van der Waals surface area contributed by atoms with Gasteiger partial charge in [0.15, 0.2) is 28.3 Å². The summed E-state index contributed by atoms with van der Waals surface area (Å²) in [6.07, 6.45) is 0.602. The van der Waals surface area contributed by atoms with Crippen molar-refractivity contribution in [3.8, 4) is 11.5 Å². The summed E-state index contributed by atoms with van der Waals surface area (Å²) in [4.78, 5) is 16.9. The molecule has 0 saturated carbocycles. The van der Waals surface area contributed by atoms with E-state index in [0.717, 1.165) is 16.8 Å². The topological polar surface area (TPSA) is 97.8 Å². The summed E-state index contributed by atoms with van der Waals surface area (Å²) in [7, 11) is -3.97. The number of rotatable bonds is 4. The molecule has 3 aromatic rings. The molecule has 3 heterocycles. The number of amides is 1. The largest absolute Gasteiger partial charge is 0.486 e. The molecular weight excluding hydrogens is 476 g/mol. The van der Waals surface area contributed by atoms with E-state index in [-0.39, 0.29) is 23.9 Å². The Balaban J connectivity index is 1.24. The lowest BCUT2D eigenvalue weighted by molar-refractivity contribution is -0.120. The number of sulfonamides is 1. The van der Waals surface area contributed by atoms with Gasteiger partial charge in [0.05, 0.1) is 15.1 Å². The van der Waals surface area contributed by atoms with Gasteiger partial charge in [-0.25, -0.2) is 22.2 Å². The molecule has 8 nitrogen and oxygen atoms in total. The van der Waals surface area contributed by atoms with Crippen molar-refractivity contribution in [1.82, 2.24) is 9.29 Å². The number of fused-ring (bicyclic) bond motifs is 2. The fraction of sp³-hybridized carbons (Fsp3) is 0.333. The lowest BCUT2D eigenvalue weighted by atomic mass is 9.97. The van der Waals surface area contributed by atoms with Crippen LogP contribution in [0.5, 0.6) is 11.5 Å². The summed E-state index contributed by atoms with van der Waals surface area (Å²) >= 11 is 1.32. The maximum absolute atomic E-state index is 13.5. The second-order valence-corrected chi connectivity index (χ2v) is 10.7.